The van der Waals surface area contributed by atoms with Crippen molar-refractivity contribution in [1.29, 1.82) is 0 Å². The maximum Gasteiger partial charge on any atom is 0.275 e. The maximum absolute atomic E-state index is 11.9. The zero-order valence-corrected chi connectivity index (χ0v) is 15.1. The number of amides is 2. The first-order chi connectivity index (χ1) is 10.7. The van der Waals surface area contributed by atoms with Gasteiger partial charge >= 0.3 is 0 Å². The largest absolute Gasteiger partial charge is 0.351 e. The van der Waals surface area contributed by atoms with Crippen LogP contribution in [0.1, 0.15) is 26.3 Å². The number of rotatable bonds is 7. The van der Waals surface area contributed by atoms with E-state index in [-0.39, 0.29) is 30.4 Å². The summed E-state index contributed by atoms with van der Waals surface area (Å²) in [6.07, 6.45) is 0.732. The molecule has 0 saturated heterocycles. The first-order valence-electron chi connectivity index (χ1n) is 7.79. The molecule has 0 spiro atoms. The average molecular weight is 341 g/mol. The lowest BCUT2D eigenvalue weighted by molar-refractivity contribution is -0.862. The molecule has 1 rings (SSSR count). The van der Waals surface area contributed by atoms with Gasteiger partial charge in [-0.2, -0.15) is 0 Å². The molecule has 1 unspecified atom stereocenters. The fraction of sp³-hybridized carbons (Fsp3) is 0.529. The lowest BCUT2D eigenvalue weighted by Crippen LogP contribution is -3.11. The Morgan fingerprint density at radius 1 is 1.17 bits per heavy atom. The monoisotopic (exact) mass is 340 g/mol. The molecule has 1 atom stereocenters. The molecular formula is C17H27ClN3O2+. The summed E-state index contributed by atoms with van der Waals surface area (Å²) >= 11 is 5.92. The topological polar surface area (TPSA) is 62.6 Å². The minimum atomic E-state index is -0.253. The van der Waals surface area contributed by atoms with Crippen LogP contribution in [0, 0.1) is 0 Å². The van der Waals surface area contributed by atoms with Crippen LogP contribution in [0.3, 0.4) is 0 Å². The van der Waals surface area contributed by atoms with E-state index in [1.165, 1.54) is 0 Å². The number of likely N-dealkylation sites (N-methyl/N-ethyl adjacent to an activating group) is 1. The van der Waals surface area contributed by atoms with Gasteiger partial charge in [-0.05, 0) is 44.9 Å². The molecule has 1 aromatic carbocycles. The van der Waals surface area contributed by atoms with Crippen LogP contribution in [0.4, 0.5) is 0 Å². The van der Waals surface area contributed by atoms with Gasteiger partial charge in [-0.3, -0.25) is 9.59 Å². The fourth-order valence-electron chi connectivity index (χ4n) is 2.17. The molecular weight excluding hydrogens is 314 g/mol. The quantitative estimate of drug-likeness (QED) is 0.674. The van der Waals surface area contributed by atoms with Crippen molar-refractivity contribution in [2.24, 2.45) is 0 Å². The van der Waals surface area contributed by atoms with Crippen LogP contribution in [-0.4, -0.2) is 44.0 Å². The van der Waals surface area contributed by atoms with Gasteiger partial charge in [0.05, 0.1) is 7.05 Å². The highest BCUT2D eigenvalue weighted by molar-refractivity contribution is 6.30. The number of nitrogens with one attached hydrogen (secondary N) is 3. The first kappa shape index (κ1) is 19.5. The third-order valence-corrected chi connectivity index (χ3v) is 3.30. The van der Waals surface area contributed by atoms with Gasteiger partial charge in [0.1, 0.15) is 0 Å². The van der Waals surface area contributed by atoms with Crippen molar-refractivity contribution >= 4 is 23.4 Å². The molecule has 0 aromatic heterocycles. The van der Waals surface area contributed by atoms with E-state index < -0.39 is 0 Å². The molecule has 0 aliphatic rings. The molecule has 0 aliphatic carbocycles. The second kappa shape index (κ2) is 8.89. The van der Waals surface area contributed by atoms with E-state index in [0.29, 0.717) is 11.6 Å². The Kier molecular flexibility index (Phi) is 7.52. The van der Waals surface area contributed by atoms with E-state index in [1.807, 2.05) is 52.1 Å². The predicted octanol–water partition coefficient (Wildman–Crippen LogP) is 0.428. The highest BCUT2D eigenvalue weighted by atomic mass is 35.5. The van der Waals surface area contributed by atoms with Crippen molar-refractivity contribution in [3.05, 3.63) is 34.9 Å². The van der Waals surface area contributed by atoms with Crippen molar-refractivity contribution in [2.75, 3.05) is 26.7 Å². The summed E-state index contributed by atoms with van der Waals surface area (Å²) in [5.74, 6) is -0.116. The smallest absolute Gasteiger partial charge is 0.275 e. The lowest BCUT2D eigenvalue weighted by Gasteiger charge is -2.21. The standard InChI is InChI=1S/C17H26ClN3O2/c1-17(2,3)20-16(23)12-21(4)11-15(22)19-9-8-13-6-5-7-14(18)10-13/h5-7,10H,8-9,11-12H2,1-4H3,(H,19,22)(H,20,23)/p+1. The zero-order valence-electron chi connectivity index (χ0n) is 14.3. The van der Waals surface area contributed by atoms with Crippen LogP contribution in [0.5, 0.6) is 0 Å². The molecule has 1 aromatic rings. The van der Waals surface area contributed by atoms with Gasteiger partial charge in [0.2, 0.25) is 0 Å². The summed E-state index contributed by atoms with van der Waals surface area (Å²) < 4.78 is 0. The Bertz CT molecular complexity index is 541. The van der Waals surface area contributed by atoms with Crippen molar-refractivity contribution in [3.63, 3.8) is 0 Å². The van der Waals surface area contributed by atoms with Crippen molar-refractivity contribution in [3.8, 4) is 0 Å². The van der Waals surface area contributed by atoms with Gasteiger partial charge in [-0.25, -0.2) is 0 Å². The molecule has 0 bridgehead atoms. The summed E-state index contributed by atoms with van der Waals surface area (Å²) in [7, 11) is 1.83. The van der Waals surface area contributed by atoms with E-state index in [9.17, 15) is 9.59 Å². The maximum atomic E-state index is 11.9. The van der Waals surface area contributed by atoms with Gasteiger partial charge < -0.3 is 15.5 Å². The second-order valence-corrected chi connectivity index (χ2v) is 7.28. The molecule has 0 heterocycles. The second-order valence-electron chi connectivity index (χ2n) is 6.84. The number of carbonyl (C=O) groups is 2. The van der Waals surface area contributed by atoms with E-state index in [4.69, 9.17) is 11.6 Å². The van der Waals surface area contributed by atoms with Crippen LogP contribution < -0.4 is 15.5 Å². The molecule has 5 nitrogen and oxygen atoms in total. The predicted molar refractivity (Wildman–Crippen MR) is 92.7 cm³/mol. The normalized spacial score (nSPS) is 12.6. The summed E-state index contributed by atoms with van der Waals surface area (Å²) in [4.78, 5) is 24.5. The first-order valence-corrected chi connectivity index (χ1v) is 8.17. The van der Waals surface area contributed by atoms with E-state index in [0.717, 1.165) is 16.9 Å². The number of carbonyl (C=O) groups excluding carboxylic acids is 2. The van der Waals surface area contributed by atoms with Gasteiger partial charge in [-0.1, -0.05) is 23.7 Å². The van der Waals surface area contributed by atoms with E-state index in [1.54, 1.807) is 0 Å². The molecule has 0 radical (unpaired) electrons. The number of hydrogen-bond donors (Lipinski definition) is 3. The Hall–Kier alpha value is -1.59. The molecule has 23 heavy (non-hydrogen) atoms. The summed E-state index contributed by atoms with van der Waals surface area (Å²) in [6, 6.07) is 7.59. The third kappa shape index (κ3) is 9.21. The molecule has 0 aliphatic heterocycles. The SMILES string of the molecule is C[NH+](CC(=O)NCCc1cccc(Cl)c1)CC(=O)NC(C)(C)C. The Labute approximate surface area is 143 Å². The molecule has 3 N–H and O–H groups in total. The van der Waals surface area contributed by atoms with Gasteiger partial charge in [-0.15, -0.1) is 0 Å². The number of halogens is 1. The van der Waals surface area contributed by atoms with Gasteiger partial charge in [0, 0.05) is 17.1 Å². The number of quaternary nitrogens is 1. The van der Waals surface area contributed by atoms with Crippen LogP contribution >= 0.6 is 11.6 Å². The van der Waals surface area contributed by atoms with Crippen LogP contribution in [0.25, 0.3) is 0 Å². The van der Waals surface area contributed by atoms with Crippen molar-refractivity contribution < 1.29 is 14.5 Å². The fourth-order valence-corrected chi connectivity index (χ4v) is 2.39. The summed E-state index contributed by atoms with van der Waals surface area (Å²) in [5.41, 5.74) is 0.833. The Balaban J connectivity index is 2.26. The van der Waals surface area contributed by atoms with Gasteiger partial charge in [0.15, 0.2) is 13.1 Å². The summed E-state index contributed by atoms with van der Waals surface area (Å²) in [5, 5.41) is 6.45. The number of benzene rings is 1. The minimum Gasteiger partial charge on any atom is -0.351 e. The van der Waals surface area contributed by atoms with E-state index in [2.05, 4.69) is 10.6 Å². The third-order valence-electron chi connectivity index (χ3n) is 3.06. The lowest BCUT2D eigenvalue weighted by atomic mass is 10.1. The Morgan fingerprint density at radius 3 is 2.43 bits per heavy atom. The Morgan fingerprint density at radius 2 is 1.83 bits per heavy atom. The van der Waals surface area contributed by atoms with Crippen molar-refractivity contribution in [2.45, 2.75) is 32.7 Å². The molecule has 2 amide bonds. The van der Waals surface area contributed by atoms with Crippen LogP contribution in [-0.2, 0) is 16.0 Å². The summed E-state index contributed by atoms with van der Waals surface area (Å²) in [6.45, 7) is 6.90. The molecule has 6 heteroatoms. The van der Waals surface area contributed by atoms with E-state index >= 15 is 0 Å². The molecule has 0 fully saturated rings. The average Bonchev–Trinajstić information content (AvgIpc) is 2.35. The van der Waals surface area contributed by atoms with Crippen molar-refractivity contribution in [1.82, 2.24) is 10.6 Å². The van der Waals surface area contributed by atoms with Gasteiger partial charge in [0.25, 0.3) is 11.8 Å². The van der Waals surface area contributed by atoms with Crippen LogP contribution in [0.2, 0.25) is 5.02 Å². The highest BCUT2D eigenvalue weighted by Crippen LogP contribution is 2.10. The highest BCUT2D eigenvalue weighted by Gasteiger charge is 2.18. The minimum absolute atomic E-state index is 0.0540. The van der Waals surface area contributed by atoms with Crippen LogP contribution in [0.15, 0.2) is 24.3 Å². The number of hydrogen-bond acceptors (Lipinski definition) is 2. The molecule has 128 valence electrons. The molecule has 0 saturated carbocycles. The zero-order chi connectivity index (χ0) is 17.5.